The van der Waals surface area contributed by atoms with Gasteiger partial charge in [-0.05, 0) is 288 Å². The fourth-order valence-electron chi connectivity index (χ4n) is 5.39. The zero-order chi connectivity index (χ0) is 96.1. The average molecular weight is 2020 g/mol. The van der Waals surface area contributed by atoms with Crippen molar-refractivity contribution in [2.24, 2.45) is 0 Å². The van der Waals surface area contributed by atoms with Crippen LogP contribution in [0.1, 0.15) is 116 Å². The first kappa shape index (κ1) is 161. The molecule has 0 aromatic carbocycles. The largest absolute Gasteiger partial charge is 0.463 e. The summed E-state index contributed by atoms with van der Waals surface area (Å²) in [5, 5.41) is 0. The molecule has 0 unspecified atom stereocenters. The highest BCUT2D eigenvalue weighted by atomic mass is 28.5. The third kappa shape index (κ3) is 515. The predicted octanol–water partition coefficient (Wildman–Crippen LogP) is 7.91. The van der Waals surface area contributed by atoms with Crippen molar-refractivity contribution < 1.29 is 127 Å². The van der Waals surface area contributed by atoms with Crippen LogP contribution in [0.4, 0.5) is 0 Å². The first-order valence-corrected chi connectivity index (χ1v) is 98.8. The molecular weight excluding hydrogens is 1810 g/mol. The maximum absolute atomic E-state index is 11.6. The van der Waals surface area contributed by atoms with Gasteiger partial charge in [0.15, 0.2) is 154 Å². The SMILES string of the molecule is COCCOC(=O)CCCCCCCCCCO[Si](C)(C)O[Si](C)(C)O[Si](C)(C)OCCCCCCCCCCC(=O)OCCOC.C[SiH](C)O.C[SiH](C)O.C[SiH](C)O.C[SiH](C)O.C[SiH](C)O.C[SiH](C)O.C[SiH](C)O.C[SiH](C)O.C[SiH](C)O.C[SiH](C)O.C[SiH](C)O.C[SiH](C)O.C[SiH](C)O.C[SiH](C)O.C[SiH](C)O.C[SiH](C)O.C[SiH](C)O. The van der Waals surface area contributed by atoms with Crippen LogP contribution in [0.2, 0.25) is 262 Å². The quantitative estimate of drug-likeness (QED) is 0.0165. The molecule has 722 valence electrons. The van der Waals surface area contributed by atoms with Gasteiger partial charge in [0, 0.05) is 40.3 Å². The summed E-state index contributed by atoms with van der Waals surface area (Å²) < 4.78 is 45.5. The van der Waals surface area contributed by atoms with Crippen LogP contribution in [0.15, 0.2) is 0 Å². The van der Waals surface area contributed by atoms with E-state index in [0.717, 1.165) is 77.4 Å². The molecule has 0 aromatic rings. The fraction of sp³-hybridized carbons (Fsp3) is 0.971. The molecule has 0 fully saturated rings. The number of esters is 2. The van der Waals surface area contributed by atoms with Gasteiger partial charge in [0.25, 0.3) is 0 Å². The number of methoxy groups -OCH3 is 2. The van der Waals surface area contributed by atoms with Crippen molar-refractivity contribution in [1.29, 1.82) is 0 Å². The van der Waals surface area contributed by atoms with Crippen molar-refractivity contribution in [1.82, 2.24) is 0 Å². The normalized spacial score (nSPS) is 10.4. The van der Waals surface area contributed by atoms with Gasteiger partial charge in [-0.1, -0.05) is 77.0 Å². The smallest absolute Gasteiger partial charge is 0.322 e. The van der Waals surface area contributed by atoms with Crippen LogP contribution in [0, 0.1) is 0 Å². The lowest BCUT2D eigenvalue weighted by Crippen LogP contribution is -2.54. The van der Waals surface area contributed by atoms with Gasteiger partial charge in [0.2, 0.25) is 0 Å². The van der Waals surface area contributed by atoms with Crippen LogP contribution in [0.5, 0.6) is 0 Å². The summed E-state index contributed by atoms with van der Waals surface area (Å²) in [7, 11) is -23.1. The number of carbonyl (C=O) groups is 2. The van der Waals surface area contributed by atoms with E-state index in [1.165, 1.54) is 38.5 Å². The van der Waals surface area contributed by atoms with Gasteiger partial charge >= 0.3 is 37.6 Å². The molecule has 0 heterocycles. The summed E-state index contributed by atoms with van der Waals surface area (Å²) in [6, 6.07) is 0. The Balaban J connectivity index is -0.0000000689. The van der Waals surface area contributed by atoms with E-state index in [2.05, 4.69) is 39.3 Å². The third-order valence-corrected chi connectivity index (χ3v) is 17.2. The first-order valence-electron chi connectivity index (χ1n) is 42.3. The van der Waals surface area contributed by atoms with Crippen LogP contribution < -0.4 is 0 Å². The van der Waals surface area contributed by atoms with E-state index in [0.29, 0.717) is 39.3 Å². The standard InChI is InChI=1S/C34H72O10Si3.17C2H8OSi/c1-37-29-31-39-33(35)25-21-17-13-9-11-15-19-23-27-41-45(3,4)43-47(7,8)44-46(5,6)42-28-24-20-16-12-10-14-18-22-26-34(36)40-32-30-38-2;17*1-4(2)3/h9-32H2,1-8H3;17*3-4H,1-2H3. The van der Waals surface area contributed by atoms with E-state index in [-0.39, 0.29) is 11.9 Å². The minimum Gasteiger partial charge on any atom is -0.463 e. The maximum Gasteiger partial charge on any atom is 0.322 e. The second-order valence-electron chi connectivity index (χ2n) is 32.3. The number of unbranched alkanes of at least 4 members (excludes halogenated alkanes) is 14. The van der Waals surface area contributed by atoms with Gasteiger partial charge in [0.05, 0.1) is 13.2 Å². The molecule has 0 saturated carbocycles. The van der Waals surface area contributed by atoms with E-state index >= 15 is 0 Å². The summed E-state index contributed by atoms with van der Waals surface area (Å²) in [5.41, 5.74) is 0. The molecule has 27 nitrogen and oxygen atoms in total. The average Bonchev–Trinajstić information content (AvgIpc) is 0.840. The highest BCUT2D eigenvalue weighted by Crippen LogP contribution is 2.23. The summed E-state index contributed by atoms with van der Waals surface area (Å²) in [5.74, 6) is -0.243. The first-order chi connectivity index (χ1) is 51.8. The molecule has 0 aliphatic rings. The lowest BCUT2D eigenvalue weighted by Gasteiger charge is -2.37. The van der Waals surface area contributed by atoms with Gasteiger partial charge in [-0.15, -0.1) is 0 Å². The van der Waals surface area contributed by atoms with Gasteiger partial charge in [-0.2, -0.15) is 0 Å². The molecule has 0 rings (SSSR count). The van der Waals surface area contributed by atoms with E-state index in [1.54, 1.807) is 14.2 Å². The van der Waals surface area contributed by atoms with E-state index in [9.17, 15) is 9.59 Å². The van der Waals surface area contributed by atoms with Gasteiger partial charge < -0.3 is 118 Å². The Morgan fingerprint density at radius 1 is 0.200 bits per heavy atom. The minimum atomic E-state index is -2.40. The van der Waals surface area contributed by atoms with Crippen LogP contribution >= 0.6 is 0 Å². The van der Waals surface area contributed by atoms with E-state index in [1.807, 2.05) is 223 Å². The Bertz CT molecular complexity index is 1330. The minimum absolute atomic E-state index is 0.122. The molecule has 0 spiro atoms. The maximum atomic E-state index is 11.6. The van der Waals surface area contributed by atoms with Crippen LogP contribution in [-0.4, -0.2) is 327 Å². The molecule has 47 heteroatoms. The van der Waals surface area contributed by atoms with Crippen molar-refractivity contribution in [3.8, 4) is 0 Å². The molecule has 0 saturated heterocycles. The Hall–Kier alpha value is 2.36. The van der Waals surface area contributed by atoms with Crippen molar-refractivity contribution in [2.75, 3.05) is 53.9 Å². The van der Waals surface area contributed by atoms with Crippen LogP contribution in [-0.2, 0) is 45.6 Å². The number of hydrogen-bond donors (Lipinski definition) is 17. The number of hydrogen-bond acceptors (Lipinski definition) is 27. The third-order valence-electron chi connectivity index (χ3n) is 7.53. The Kier molecular flexibility index (Phi) is 181. The van der Waals surface area contributed by atoms with Crippen molar-refractivity contribution in [3.63, 3.8) is 0 Å². The van der Waals surface area contributed by atoms with Gasteiger partial charge in [-0.3, -0.25) is 9.59 Å². The number of rotatable bonds is 34. The molecule has 0 aliphatic carbocycles. The Morgan fingerprint density at radius 3 is 0.452 bits per heavy atom. The molecule has 0 bridgehead atoms. The Morgan fingerprint density at radius 2 is 0.322 bits per heavy atom. The van der Waals surface area contributed by atoms with Crippen LogP contribution in [0.3, 0.4) is 0 Å². The molecule has 0 aliphatic heterocycles. The van der Waals surface area contributed by atoms with Crippen LogP contribution in [0.25, 0.3) is 0 Å². The predicted molar refractivity (Wildman–Crippen MR) is 554 cm³/mol. The second-order valence-corrected chi connectivity index (χ2v) is 80.1. The van der Waals surface area contributed by atoms with Crippen molar-refractivity contribution in [3.05, 3.63) is 0 Å². The molecule has 17 N–H and O–H groups in total. The summed E-state index contributed by atoms with van der Waals surface area (Å²) in [6.07, 6.45) is 19.0. The molecule has 0 aromatic heterocycles. The molecule has 0 atom stereocenters. The monoisotopic (exact) mass is 2020 g/mol. The van der Waals surface area contributed by atoms with Crippen molar-refractivity contribution in [2.45, 2.75) is 377 Å². The number of carbonyl (C=O) groups excluding carboxylic acids is 2. The summed E-state index contributed by atoms with van der Waals surface area (Å²) in [4.78, 5) is 162. The molecule has 0 amide bonds. The second kappa shape index (κ2) is 129. The van der Waals surface area contributed by atoms with Gasteiger partial charge in [-0.25, -0.2) is 0 Å². The highest BCUT2D eigenvalue weighted by Gasteiger charge is 2.41. The lowest BCUT2D eigenvalue weighted by atomic mass is 10.1. The Labute approximate surface area is 744 Å². The zero-order valence-corrected chi connectivity index (χ0v) is 106. The van der Waals surface area contributed by atoms with Gasteiger partial charge in [0.1, 0.15) is 13.2 Å². The topological polar surface area (TPSA) is 452 Å². The van der Waals surface area contributed by atoms with E-state index in [4.69, 9.17) is 118 Å². The summed E-state index contributed by atoms with van der Waals surface area (Å²) >= 11 is 0. The lowest BCUT2D eigenvalue weighted by molar-refractivity contribution is -0.145. The molecule has 0 radical (unpaired) electrons. The van der Waals surface area contributed by atoms with Crippen molar-refractivity contribution >= 4 is 191 Å². The molecular formula is C68H208O27Si20. The van der Waals surface area contributed by atoms with E-state index < -0.39 is 179 Å². The highest BCUT2D eigenvalue weighted by molar-refractivity contribution is 6.84. The summed E-state index contributed by atoms with van der Waals surface area (Å²) in [6.45, 7) is 79.0. The zero-order valence-electron chi connectivity index (χ0n) is 83.0. The molecule has 115 heavy (non-hydrogen) atoms. The fourth-order valence-corrected chi connectivity index (χ4v) is 17.1. The number of ether oxygens (including phenoxy) is 4.